The third-order valence-electron chi connectivity index (χ3n) is 2.46. The fourth-order valence-electron chi connectivity index (χ4n) is 0.991. The number of carboxylic acids is 1. The Hall–Kier alpha value is -0.610. The van der Waals surface area contributed by atoms with E-state index in [1.165, 1.54) is 0 Å². The van der Waals surface area contributed by atoms with Crippen LogP contribution in [-0.2, 0) is 9.53 Å². The zero-order valence-corrected chi connectivity index (χ0v) is 9.54. The minimum atomic E-state index is -0.799. The topological polar surface area (TPSA) is 49.8 Å². The Morgan fingerprint density at radius 1 is 1.50 bits per heavy atom. The molecule has 14 heavy (non-hydrogen) atoms. The molecule has 0 saturated heterocycles. The molecule has 0 aliphatic carbocycles. The van der Waals surface area contributed by atoms with Gasteiger partial charge < -0.3 is 9.84 Å². The Morgan fingerprint density at radius 2 is 2.07 bits per heavy atom. The number of carboxylic acid groups (broad SMARTS) is 1. The summed E-state index contributed by atoms with van der Waals surface area (Å²) in [6.45, 7) is 7.50. The summed E-state index contributed by atoms with van der Waals surface area (Å²) in [4.78, 5) is 12.7. The van der Waals surface area contributed by atoms with Crippen LogP contribution in [0.2, 0.25) is 0 Å². The zero-order chi connectivity index (χ0) is 11.2. The van der Waals surface area contributed by atoms with E-state index in [4.69, 9.17) is 9.84 Å². The second-order valence-electron chi connectivity index (χ2n) is 3.84. The number of nitrogens with zero attached hydrogens (tertiary/aromatic N) is 1. The highest BCUT2D eigenvalue weighted by Crippen LogP contribution is 2.12. The molecule has 0 aromatic rings. The van der Waals surface area contributed by atoms with Crippen LogP contribution in [0, 0.1) is 0 Å². The summed E-state index contributed by atoms with van der Waals surface area (Å²) in [5, 5.41) is 8.94. The Bertz CT molecular complexity index is 180. The van der Waals surface area contributed by atoms with Crippen molar-refractivity contribution >= 4 is 5.97 Å². The van der Waals surface area contributed by atoms with Gasteiger partial charge in [-0.1, -0.05) is 0 Å². The van der Waals surface area contributed by atoms with Crippen LogP contribution >= 0.6 is 0 Å². The molecule has 84 valence electrons. The van der Waals surface area contributed by atoms with Crippen molar-refractivity contribution in [1.29, 1.82) is 0 Å². The van der Waals surface area contributed by atoms with Crippen molar-refractivity contribution in [3.05, 3.63) is 0 Å². The molecule has 0 aromatic carbocycles. The first kappa shape index (κ1) is 13.4. The molecule has 4 nitrogen and oxygen atoms in total. The standard InChI is InChI=1S/C10H21NO3/c1-5-14-8-6-7-11(4)10(2,3)9(12)13/h5-8H2,1-4H3,(H,12,13). The average molecular weight is 203 g/mol. The van der Waals surface area contributed by atoms with Crippen LogP contribution in [0.3, 0.4) is 0 Å². The highest BCUT2D eigenvalue weighted by molar-refractivity contribution is 5.77. The fourth-order valence-corrected chi connectivity index (χ4v) is 0.991. The van der Waals surface area contributed by atoms with E-state index in [0.29, 0.717) is 13.2 Å². The minimum absolute atomic E-state index is 0.691. The quantitative estimate of drug-likeness (QED) is 0.632. The van der Waals surface area contributed by atoms with Crippen LogP contribution in [0.25, 0.3) is 0 Å². The van der Waals surface area contributed by atoms with Gasteiger partial charge in [0.25, 0.3) is 0 Å². The lowest BCUT2D eigenvalue weighted by Crippen LogP contribution is -2.48. The molecule has 4 heteroatoms. The van der Waals surface area contributed by atoms with Crippen molar-refractivity contribution in [2.75, 3.05) is 26.8 Å². The normalized spacial score (nSPS) is 12.1. The molecule has 0 heterocycles. The van der Waals surface area contributed by atoms with E-state index in [-0.39, 0.29) is 0 Å². The van der Waals surface area contributed by atoms with Crippen molar-refractivity contribution in [2.24, 2.45) is 0 Å². The van der Waals surface area contributed by atoms with Crippen LogP contribution < -0.4 is 0 Å². The largest absolute Gasteiger partial charge is 0.480 e. The summed E-state index contributed by atoms with van der Waals surface area (Å²) in [5.74, 6) is -0.795. The summed E-state index contributed by atoms with van der Waals surface area (Å²) in [7, 11) is 1.82. The molecule has 0 fully saturated rings. The third-order valence-corrected chi connectivity index (χ3v) is 2.46. The van der Waals surface area contributed by atoms with Crippen LogP contribution in [0.4, 0.5) is 0 Å². The van der Waals surface area contributed by atoms with Gasteiger partial charge in [0.15, 0.2) is 0 Å². The molecule has 0 rings (SSSR count). The predicted molar refractivity (Wildman–Crippen MR) is 55.5 cm³/mol. The number of likely N-dealkylation sites (N-methyl/N-ethyl adjacent to an activating group) is 1. The molecule has 0 unspecified atom stereocenters. The average Bonchev–Trinajstić information content (AvgIpc) is 2.11. The van der Waals surface area contributed by atoms with E-state index in [1.807, 2.05) is 18.9 Å². The molecule has 0 aliphatic heterocycles. The maximum absolute atomic E-state index is 10.9. The summed E-state index contributed by atoms with van der Waals surface area (Å²) in [6.07, 6.45) is 0.862. The molecular formula is C10H21NO3. The lowest BCUT2D eigenvalue weighted by molar-refractivity contribution is -0.148. The van der Waals surface area contributed by atoms with E-state index in [1.54, 1.807) is 13.8 Å². The summed E-state index contributed by atoms with van der Waals surface area (Å²) in [5.41, 5.74) is -0.799. The highest BCUT2D eigenvalue weighted by atomic mass is 16.5. The summed E-state index contributed by atoms with van der Waals surface area (Å²) >= 11 is 0. The Kier molecular flexibility index (Phi) is 5.72. The number of aliphatic carboxylic acids is 1. The van der Waals surface area contributed by atoms with Crippen molar-refractivity contribution in [2.45, 2.75) is 32.7 Å². The van der Waals surface area contributed by atoms with Gasteiger partial charge in [-0.2, -0.15) is 0 Å². The van der Waals surface area contributed by atoms with Crippen molar-refractivity contribution < 1.29 is 14.6 Å². The molecular weight excluding hydrogens is 182 g/mol. The second kappa shape index (κ2) is 5.98. The van der Waals surface area contributed by atoms with Gasteiger partial charge in [-0.3, -0.25) is 9.69 Å². The monoisotopic (exact) mass is 203 g/mol. The highest BCUT2D eigenvalue weighted by Gasteiger charge is 2.31. The number of carbonyl (C=O) groups is 1. The number of ether oxygens (including phenoxy) is 1. The first-order valence-corrected chi connectivity index (χ1v) is 4.95. The fraction of sp³-hybridized carbons (Fsp3) is 0.900. The molecule has 0 radical (unpaired) electrons. The van der Waals surface area contributed by atoms with Gasteiger partial charge in [0.1, 0.15) is 5.54 Å². The molecule has 0 atom stereocenters. The van der Waals surface area contributed by atoms with Crippen LogP contribution in [0.15, 0.2) is 0 Å². The van der Waals surface area contributed by atoms with E-state index >= 15 is 0 Å². The minimum Gasteiger partial charge on any atom is -0.480 e. The van der Waals surface area contributed by atoms with Gasteiger partial charge in [-0.05, 0) is 34.2 Å². The van der Waals surface area contributed by atoms with Gasteiger partial charge in [0, 0.05) is 19.8 Å². The van der Waals surface area contributed by atoms with Gasteiger partial charge in [0.2, 0.25) is 0 Å². The Balaban J connectivity index is 3.83. The zero-order valence-electron chi connectivity index (χ0n) is 9.54. The summed E-state index contributed by atoms with van der Waals surface area (Å²) in [6, 6.07) is 0. The number of rotatable bonds is 7. The number of hydrogen-bond donors (Lipinski definition) is 1. The van der Waals surface area contributed by atoms with Crippen molar-refractivity contribution in [1.82, 2.24) is 4.90 Å². The van der Waals surface area contributed by atoms with Gasteiger partial charge in [0.05, 0.1) is 0 Å². The Morgan fingerprint density at radius 3 is 2.50 bits per heavy atom. The van der Waals surface area contributed by atoms with E-state index in [9.17, 15) is 4.79 Å². The van der Waals surface area contributed by atoms with Crippen LogP contribution in [0.5, 0.6) is 0 Å². The maximum Gasteiger partial charge on any atom is 0.323 e. The van der Waals surface area contributed by atoms with Gasteiger partial charge >= 0.3 is 5.97 Å². The first-order chi connectivity index (χ1) is 6.42. The van der Waals surface area contributed by atoms with E-state index < -0.39 is 11.5 Å². The van der Waals surface area contributed by atoms with Crippen LogP contribution in [-0.4, -0.2) is 48.3 Å². The molecule has 1 N–H and O–H groups in total. The smallest absolute Gasteiger partial charge is 0.323 e. The molecule has 0 aliphatic rings. The molecule has 0 amide bonds. The SMILES string of the molecule is CCOCCCN(C)C(C)(C)C(=O)O. The maximum atomic E-state index is 10.9. The van der Waals surface area contributed by atoms with Crippen molar-refractivity contribution in [3.63, 3.8) is 0 Å². The molecule has 0 saturated carbocycles. The van der Waals surface area contributed by atoms with Gasteiger partial charge in [-0.15, -0.1) is 0 Å². The second-order valence-corrected chi connectivity index (χ2v) is 3.84. The molecule has 0 bridgehead atoms. The van der Waals surface area contributed by atoms with E-state index in [0.717, 1.165) is 13.0 Å². The van der Waals surface area contributed by atoms with E-state index in [2.05, 4.69) is 0 Å². The third kappa shape index (κ3) is 4.07. The Labute approximate surface area is 85.9 Å². The predicted octanol–water partition coefficient (Wildman–Crippen LogP) is 1.21. The summed E-state index contributed by atoms with van der Waals surface area (Å²) < 4.78 is 5.18. The van der Waals surface area contributed by atoms with Crippen LogP contribution in [0.1, 0.15) is 27.2 Å². The lowest BCUT2D eigenvalue weighted by Gasteiger charge is -2.31. The van der Waals surface area contributed by atoms with Crippen molar-refractivity contribution in [3.8, 4) is 0 Å². The molecule has 0 aromatic heterocycles. The first-order valence-electron chi connectivity index (χ1n) is 4.95. The number of hydrogen-bond acceptors (Lipinski definition) is 3. The lowest BCUT2D eigenvalue weighted by atomic mass is 10.0. The van der Waals surface area contributed by atoms with Gasteiger partial charge in [-0.25, -0.2) is 0 Å². The molecule has 0 spiro atoms.